The normalized spacial score (nSPS) is 36.9. The van der Waals surface area contributed by atoms with E-state index in [0.29, 0.717) is 0 Å². The fourth-order valence-electron chi connectivity index (χ4n) is 6.42. The number of hydrogen-bond donors (Lipinski definition) is 1. The van der Waals surface area contributed by atoms with E-state index in [1.807, 2.05) is 0 Å². The van der Waals surface area contributed by atoms with Crippen LogP contribution in [0.15, 0.2) is 0 Å². The largest absolute Gasteiger partial charge is 0.384 e. The molecule has 2 saturated heterocycles. The second kappa shape index (κ2) is 10.6. The lowest BCUT2D eigenvalue weighted by Crippen LogP contribution is -2.41. The lowest BCUT2D eigenvalue weighted by Gasteiger charge is -2.41. The second-order valence-corrected chi connectivity index (χ2v) is 17.8. The Kier molecular flexibility index (Phi) is 9.65. The maximum atomic E-state index is 11.0. The quantitative estimate of drug-likeness (QED) is 0.356. The van der Waals surface area contributed by atoms with Crippen LogP contribution in [-0.2, 0) is 30.3 Å². The summed E-state index contributed by atoms with van der Waals surface area (Å²) >= 11 is 5.43. The molecule has 0 aromatic rings. The Morgan fingerprint density at radius 2 is 1.11 bits per heavy atom. The van der Waals surface area contributed by atoms with Gasteiger partial charge < -0.3 is 23.4 Å². The van der Waals surface area contributed by atoms with E-state index in [9.17, 15) is 4.89 Å². The molecular formula is C26H49B2O5PS. The summed E-state index contributed by atoms with van der Waals surface area (Å²) in [4.78, 5) is 11.0. The molecule has 0 aromatic heterocycles. The molecule has 2 rings (SSSR count). The van der Waals surface area contributed by atoms with Crippen LogP contribution < -0.4 is 0 Å². The van der Waals surface area contributed by atoms with Gasteiger partial charge in [-0.2, -0.15) is 0 Å². The van der Waals surface area contributed by atoms with Crippen molar-refractivity contribution in [3.63, 3.8) is 0 Å². The van der Waals surface area contributed by atoms with Crippen molar-refractivity contribution in [2.24, 2.45) is 45.3 Å². The van der Waals surface area contributed by atoms with Crippen LogP contribution in [0.5, 0.6) is 0 Å². The van der Waals surface area contributed by atoms with Crippen LogP contribution in [0.25, 0.3) is 0 Å². The molecule has 2 aliphatic heterocycles. The van der Waals surface area contributed by atoms with Crippen LogP contribution >= 0.6 is 6.72 Å². The van der Waals surface area contributed by atoms with Gasteiger partial charge in [0.05, 0.1) is 25.4 Å². The van der Waals surface area contributed by atoms with E-state index in [1.165, 1.54) is 0 Å². The molecule has 0 aliphatic carbocycles. The van der Waals surface area contributed by atoms with Crippen LogP contribution in [0.3, 0.4) is 0 Å². The summed E-state index contributed by atoms with van der Waals surface area (Å²) in [6.45, 7) is 22.9. The standard InChI is InChI=1S/C26H49B2O5PS/c1-23(2,3)17-15(20(26(10,11)12)33-21(17)27)13-30-34(29,35)31-14-16-18(24(4,5)6)19(22(28)32-16)25(7,8)9/h15-22H,13-14H2,1-12H3,(H,29,35)/t15-,16-,17?,18+,19?,20+,21-,22-,34?/m1/s1. The van der Waals surface area contributed by atoms with Gasteiger partial charge in [-0.1, -0.05) is 83.1 Å². The lowest BCUT2D eigenvalue weighted by molar-refractivity contribution is -0.0177. The second-order valence-electron chi connectivity index (χ2n) is 14.9. The third-order valence-corrected chi connectivity index (χ3v) is 9.25. The van der Waals surface area contributed by atoms with Crippen molar-refractivity contribution in [3.05, 3.63) is 0 Å². The third kappa shape index (κ3) is 7.80. The van der Waals surface area contributed by atoms with Gasteiger partial charge in [0.2, 0.25) is 0 Å². The summed E-state index contributed by atoms with van der Waals surface area (Å²) in [6, 6.07) is -0.803. The molecule has 0 bridgehead atoms. The van der Waals surface area contributed by atoms with Crippen molar-refractivity contribution >= 4 is 34.2 Å². The maximum absolute atomic E-state index is 11.0. The Morgan fingerprint density at radius 3 is 1.54 bits per heavy atom. The minimum Gasteiger partial charge on any atom is -0.384 e. The Hall–Kier alpha value is 0.580. The van der Waals surface area contributed by atoms with Gasteiger partial charge in [-0.25, -0.2) is 0 Å². The summed E-state index contributed by atoms with van der Waals surface area (Å²) < 4.78 is 24.2. The first kappa shape index (κ1) is 31.8. The fraction of sp³-hybridized carbons (Fsp3) is 1.00. The van der Waals surface area contributed by atoms with E-state index in [4.69, 9.17) is 46.0 Å². The third-order valence-electron chi connectivity index (χ3n) is 7.67. The Bertz CT molecular complexity index is 768. The summed E-state index contributed by atoms with van der Waals surface area (Å²) in [5.74, 6) is 0.317. The summed E-state index contributed by atoms with van der Waals surface area (Å²) in [5.41, 5.74) is -0.328. The summed E-state index contributed by atoms with van der Waals surface area (Å²) in [5, 5.41) is 0. The van der Waals surface area contributed by atoms with Gasteiger partial charge in [-0.3, -0.25) is 0 Å². The van der Waals surface area contributed by atoms with Crippen LogP contribution in [0.2, 0.25) is 0 Å². The minimum absolute atomic E-state index is 0.0215. The van der Waals surface area contributed by atoms with Gasteiger partial charge >= 0.3 is 6.72 Å². The predicted octanol–water partition coefficient (Wildman–Crippen LogP) is 5.67. The first-order valence-corrected chi connectivity index (χ1v) is 15.5. The first-order valence-electron chi connectivity index (χ1n) is 12.9. The van der Waals surface area contributed by atoms with E-state index in [1.54, 1.807) is 0 Å². The van der Waals surface area contributed by atoms with Crippen LogP contribution in [0, 0.1) is 45.3 Å². The van der Waals surface area contributed by atoms with Gasteiger partial charge in [0, 0.05) is 17.9 Å². The van der Waals surface area contributed by atoms with Gasteiger partial charge in [-0.05, 0) is 51.2 Å². The molecule has 5 nitrogen and oxygen atoms in total. The maximum Gasteiger partial charge on any atom is 0.324 e. The molecule has 0 saturated carbocycles. The molecule has 1 N–H and O–H groups in total. The molecule has 2 fully saturated rings. The van der Waals surface area contributed by atoms with E-state index >= 15 is 0 Å². The van der Waals surface area contributed by atoms with E-state index in [2.05, 4.69) is 83.1 Å². The Labute approximate surface area is 223 Å². The molecule has 0 spiro atoms. The average Bonchev–Trinajstić information content (AvgIpc) is 3.14. The molecular weight excluding hydrogens is 477 g/mol. The van der Waals surface area contributed by atoms with Crippen molar-refractivity contribution in [3.8, 4) is 0 Å². The lowest BCUT2D eigenvalue weighted by atomic mass is 9.59. The number of ether oxygens (including phenoxy) is 2. The van der Waals surface area contributed by atoms with E-state index in [0.717, 1.165) is 0 Å². The van der Waals surface area contributed by atoms with Gasteiger partial charge in [-0.15, -0.1) is 0 Å². The van der Waals surface area contributed by atoms with Crippen molar-refractivity contribution in [1.82, 2.24) is 0 Å². The molecule has 9 heteroatoms. The monoisotopic (exact) mass is 526 g/mol. The highest BCUT2D eigenvalue weighted by Gasteiger charge is 2.53. The SMILES string of the molecule is [B][C@@H]1O[C@H](C(C)(C)C)[C@H](COP(O)(=S)OC[C@H]2O[C@@H]([B])C(C(C)(C)C)[C@H]2C(C)(C)C)C1C(C)(C)C. The summed E-state index contributed by atoms with van der Waals surface area (Å²) in [7, 11) is 12.9. The van der Waals surface area contributed by atoms with Gasteiger partial charge in [0.15, 0.2) is 0 Å². The molecule has 0 aromatic carbocycles. The number of rotatable bonds is 6. The van der Waals surface area contributed by atoms with Gasteiger partial charge in [0.1, 0.15) is 15.7 Å². The fourth-order valence-corrected chi connectivity index (χ4v) is 7.56. The predicted molar refractivity (Wildman–Crippen MR) is 149 cm³/mol. The minimum atomic E-state index is -3.52. The van der Waals surface area contributed by atoms with E-state index < -0.39 is 18.7 Å². The van der Waals surface area contributed by atoms with Crippen molar-refractivity contribution in [1.29, 1.82) is 0 Å². The zero-order valence-corrected chi connectivity index (χ0v) is 25.8. The highest BCUT2D eigenvalue weighted by atomic mass is 32.5. The Balaban J connectivity index is 2.14. The first-order chi connectivity index (χ1) is 15.5. The molecule has 0 amide bonds. The molecule has 2 aliphatic rings. The van der Waals surface area contributed by atoms with E-state index in [-0.39, 0.29) is 70.8 Å². The highest BCUT2D eigenvalue weighted by molar-refractivity contribution is 8.07. The van der Waals surface area contributed by atoms with Crippen molar-refractivity contribution in [2.45, 2.75) is 107 Å². The molecule has 200 valence electrons. The molecule has 9 atom stereocenters. The smallest absolute Gasteiger partial charge is 0.324 e. The molecule has 35 heavy (non-hydrogen) atoms. The van der Waals surface area contributed by atoms with Crippen LogP contribution in [0.4, 0.5) is 0 Å². The topological polar surface area (TPSA) is 57.2 Å². The highest BCUT2D eigenvalue weighted by Crippen LogP contribution is 2.54. The van der Waals surface area contributed by atoms with Crippen LogP contribution in [0.1, 0.15) is 83.1 Å². The molecule has 4 radical (unpaired) electrons. The average molecular weight is 526 g/mol. The number of hydrogen-bond acceptors (Lipinski definition) is 5. The zero-order valence-electron chi connectivity index (χ0n) is 24.1. The molecule has 3 unspecified atom stereocenters. The van der Waals surface area contributed by atoms with Gasteiger partial charge in [0.25, 0.3) is 0 Å². The van der Waals surface area contributed by atoms with Crippen molar-refractivity contribution < 1.29 is 23.4 Å². The Morgan fingerprint density at radius 1 is 0.686 bits per heavy atom. The summed E-state index contributed by atoms with van der Waals surface area (Å²) in [6.07, 6.45) is -0.397. The van der Waals surface area contributed by atoms with Crippen molar-refractivity contribution in [2.75, 3.05) is 13.2 Å². The van der Waals surface area contributed by atoms with Crippen LogP contribution in [-0.4, -0.2) is 58.0 Å². The molecule has 2 heterocycles. The zero-order chi connectivity index (χ0) is 27.4.